The smallest absolute Gasteiger partial charge is 0.0292 e. The first-order valence-electron chi connectivity index (χ1n) is 6.40. The molecule has 0 nitrogen and oxygen atoms in total. The SMILES string of the molecule is CCC/C=C1/CCCC(CC(C)C)C1. The van der Waals surface area contributed by atoms with Gasteiger partial charge in [0.1, 0.15) is 0 Å². The lowest BCUT2D eigenvalue weighted by Gasteiger charge is -2.25. The molecule has 0 bridgehead atoms. The maximum absolute atomic E-state index is 2.51. The van der Waals surface area contributed by atoms with Crippen molar-refractivity contribution in [2.75, 3.05) is 0 Å². The van der Waals surface area contributed by atoms with E-state index in [0.29, 0.717) is 0 Å². The van der Waals surface area contributed by atoms with Crippen LogP contribution in [0.5, 0.6) is 0 Å². The molecule has 0 aromatic heterocycles. The average Bonchev–Trinajstić information content (AvgIpc) is 2.14. The quantitative estimate of drug-likeness (QED) is 0.555. The van der Waals surface area contributed by atoms with Crippen molar-refractivity contribution in [1.82, 2.24) is 0 Å². The minimum absolute atomic E-state index is 0.880. The van der Waals surface area contributed by atoms with Crippen LogP contribution >= 0.6 is 0 Å². The van der Waals surface area contributed by atoms with Crippen LogP contribution in [0.3, 0.4) is 0 Å². The fraction of sp³-hybridized carbons (Fsp3) is 0.857. The molecule has 0 heterocycles. The second kappa shape index (κ2) is 6.27. The molecule has 1 rings (SSSR count). The molecule has 82 valence electrons. The third-order valence-electron chi connectivity index (χ3n) is 3.19. The molecule has 1 saturated carbocycles. The highest BCUT2D eigenvalue weighted by molar-refractivity contribution is 5.05. The fourth-order valence-corrected chi connectivity index (χ4v) is 2.59. The molecule has 0 radical (unpaired) electrons. The predicted molar refractivity (Wildman–Crippen MR) is 64.4 cm³/mol. The van der Waals surface area contributed by atoms with Gasteiger partial charge >= 0.3 is 0 Å². The van der Waals surface area contributed by atoms with E-state index in [9.17, 15) is 0 Å². The Morgan fingerprint density at radius 1 is 1.43 bits per heavy atom. The maximum Gasteiger partial charge on any atom is -0.0292 e. The standard InChI is InChI=1S/C14H26/c1-4-5-7-13-8-6-9-14(11-13)10-12(2)3/h7,12,14H,4-6,8-11H2,1-3H3/b13-7-. The van der Waals surface area contributed by atoms with E-state index in [4.69, 9.17) is 0 Å². The summed E-state index contributed by atoms with van der Waals surface area (Å²) in [5, 5.41) is 0. The summed E-state index contributed by atoms with van der Waals surface area (Å²) in [6.45, 7) is 6.97. The van der Waals surface area contributed by atoms with E-state index in [1.54, 1.807) is 5.57 Å². The van der Waals surface area contributed by atoms with Crippen molar-refractivity contribution in [3.8, 4) is 0 Å². The second-order valence-corrected chi connectivity index (χ2v) is 5.24. The zero-order chi connectivity index (χ0) is 10.4. The van der Waals surface area contributed by atoms with Crippen molar-refractivity contribution >= 4 is 0 Å². The summed E-state index contributed by atoms with van der Waals surface area (Å²) in [6.07, 6.45) is 12.2. The van der Waals surface area contributed by atoms with Gasteiger partial charge in [-0.3, -0.25) is 0 Å². The van der Waals surface area contributed by atoms with Gasteiger partial charge in [-0.1, -0.05) is 38.8 Å². The van der Waals surface area contributed by atoms with E-state index in [2.05, 4.69) is 26.8 Å². The summed E-state index contributed by atoms with van der Waals surface area (Å²) >= 11 is 0. The summed E-state index contributed by atoms with van der Waals surface area (Å²) in [5.74, 6) is 1.87. The normalized spacial score (nSPS) is 26.0. The highest BCUT2D eigenvalue weighted by Crippen LogP contribution is 2.32. The average molecular weight is 194 g/mol. The van der Waals surface area contributed by atoms with E-state index >= 15 is 0 Å². The van der Waals surface area contributed by atoms with Gasteiger partial charge in [0, 0.05) is 0 Å². The summed E-state index contributed by atoms with van der Waals surface area (Å²) < 4.78 is 0. The molecule has 0 amide bonds. The Kier molecular flexibility index (Phi) is 5.29. The molecule has 1 unspecified atom stereocenters. The van der Waals surface area contributed by atoms with Crippen molar-refractivity contribution in [2.45, 2.75) is 65.7 Å². The summed E-state index contributed by atoms with van der Waals surface area (Å²) in [5.41, 5.74) is 1.75. The van der Waals surface area contributed by atoms with E-state index in [-0.39, 0.29) is 0 Å². The van der Waals surface area contributed by atoms with Gasteiger partial charge in [-0.25, -0.2) is 0 Å². The van der Waals surface area contributed by atoms with Crippen LogP contribution in [-0.4, -0.2) is 0 Å². The van der Waals surface area contributed by atoms with Gasteiger partial charge in [0.05, 0.1) is 0 Å². The van der Waals surface area contributed by atoms with Crippen molar-refractivity contribution < 1.29 is 0 Å². The van der Waals surface area contributed by atoms with Crippen molar-refractivity contribution in [3.63, 3.8) is 0 Å². The third-order valence-corrected chi connectivity index (χ3v) is 3.19. The minimum Gasteiger partial charge on any atom is -0.0853 e. The molecule has 1 atom stereocenters. The number of hydrogen-bond donors (Lipinski definition) is 0. The molecule has 1 aliphatic rings. The van der Waals surface area contributed by atoms with Gasteiger partial charge in [-0.2, -0.15) is 0 Å². The number of allylic oxidation sites excluding steroid dienone is 2. The molecule has 0 heteroatoms. The topological polar surface area (TPSA) is 0 Å². The second-order valence-electron chi connectivity index (χ2n) is 5.24. The first kappa shape index (κ1) is 11.8. The molecule has 0 spiro atoms. The fourth-order valence-electron chi connectivity index (χ4n) is 2.59. The first-order valence-corrected chi connectivity index (χ1v) is 6.40. The molecular formula is C14H26. The monoisotopic (exact) mass is 194 g/mol. The lowest BCUT2D eigenvalue weighted by molar-refractivity contribution is 0.346. The molecule has 14 heavy (non-hydrogen) atoms. The zero-order valence-electron chi connectivity index (χ0n) is 10.2. The van der Waals surface area contributed by atoms with Gasteiger partial charge in [-0.15, -0.1) is 0 Å². The van der Waals surface area contributed by atoms with E-state index in [1.807, 2.05) is 0 Å². The minimum atomic E-state index is 0.880. The van der Waals surface area contributed by atoms with Crippen LogP contribution < -0.4 is 0 Å². The van der Waals surface area contributed by atoms with Crippen LogP contribution in [0.1, 0.15) is 65.7 Å². The predicted octanol–water partition coefficient (Wildman–Crippen LogP) is 4.95. The van der Waals surface area contributed by atoms with Crippen LogP contribution in [-0.2, 0) is 0 Å². The van der Waals surface area contributed by atoms with Crippen LogP contribution in [0.2, 0.25) is 0 Å². The first-order chi connectivity index (χ1) is 6.72. The largest absolute Gasteiger partial charge is 0.0853 e. The van der Waals surface area contributed by atoms with Gasteiger partial charge < -0.3 is 0 Å². The molecule has 0 N–H and O–H groups in total. The Balaban J connectivity index is 2.35. The third kappa shape index (κ3) is 4.30. The number of unbranched alkanes of at least 4 members (excludes halogenated alkanes) is 1. The van der Waals surface area contributed by atoms with Crippen LogP contribution in [0.15, 0.2) is 11.6 Å². The Labute approximate surface area is 89.8 Å². The Morgan fingerprint density at radius 2 is 2.21 bits per heavy atom. The molecule has 0 saturated heterocycles. The lowest BCUT2D eigenvalue weighted by atomic mass is 9.80. The maximum atomic E-state index is 2.51. The van der Waals surface area contributed by atoms with Crippen molar-refractivity contribution in [3.05, 3.63) is 11.6 Å². The number of rotatable bonds is 4. The van der Waals surface area contributed by atoms with Crippen LogP contribution in [0.4, 0.5) is 0 Å². The lowest BCUT2D eigenvalue weighted by Crippen LogP contribution is -2.11. The van der Waals surface area contributed by atoms with Gasteiger partial charge in [0.2, 0.25) is 0 Å². The molecular weight excluding hydrogens is 168 g/mol. The molecule has 0 aromatic rings. The molecule has 1 fully saturated rings. The van der Waals surface area contributed by atoms with Crippen molar-refractivity contribution in [2.24, 2.45) is 11.8 Å². The van der Waals surface area contributed by atoms with E-state index < -0.39 is 0 Å². The van der Waals surface area contributed by atoms with Gasteiger partial charge in [-0.05, 0) is 50.4 Å². The Morgan fingerprint density at radius 3 is 2.86 bits per heavy atom. The Bertz CT molecular complexity index is 176. The zero-order valence-corrected chi connectivity index (χ0v) is 10.2. The van der Waals surface area contributed by atoms with Gasteiger partial charge in [0.15, 0.2) is 0 Å². The van der Waals surface area contributed by atoms with E-state index in [0.717, 1.165) is 11.8 Å². The highest BCUT2D eigenvalue weighted by atomic mass is 14.2. The molecule has 0 aromatic carbocycles. The van der Waals surface area contributed by atoms with Gasteiger partial charge in [0.25, 0.3) is 0 Å². The molecule has 1 aliphatic carbocycles. The van der Waals surface area contributed by atoms with Crippen LogP contribution in [0, 0.1) is 11.8 Å². The Hall–Kier alpha value is -0.260. The summed E-state index contributed by atoms with van der Waals surface area (Å²) in [7, 11) is 0. The molecule has 0 aliphatic heterocycles. The van der Waals surface area contributed by atoms with Crippen molar-refractivity contribution in [1.29, 1.82) is 0 Å². The summed E-state index contributed by atoms with van der Waals surface area (Å²) in [4.78, 5) is 0. The van der Waals surface area contributed by atoms with E-state index in [1.165, 1.54) is 44.9 Å². The highest BCUT2D eigenvalue weighted by Gasteiger charge is 2.17. The number of hydrogen-bond acceptors (Lipinski definition) is 0. The van der Waals surface area contributed by atoms with Crippen LogP contribution in [0.25, 0.3) is 0 Å². The summed E-state index contributed by atoms with van der Waals surface area (Å²) in [6, 6.07) is 0.